The van der Waals surface area contributed by atoms with Gasteiger partial charge in [0.15, 0.2) is 0 Å². The van der Waals surface area contributed by atoms with Crippen molar-refractivity contribution in [3.05, 3.63) is 35.9 Å². The summed E-state index contributed by atoms with van der Waals surface area (Å²) in [6.45, 7) is 5.51. The molecule has 0 fully saturated rings. The molecule has 0 aromatic heterocycles. The maximum atomic E-state index is 11.9. The van der Waals surface area contributed by atoms with Crippen molar-refractivity contribution in [1.82, 2.24) is 10.6 Å². The van der Waals surface area contributed by atoms with E-state index in [9.17, 15) is 18.0 Å². The molecule has 0 aliphatic heterocycles. The summed E-state index contributed by atoms with van der Waals surface area (Å²) < 4.78 is 32.9. The number of ether oxygens (including phenoxy) is 2. The highest BCUT2D eigenvalue weighted by Gasteiger charge is 2.22. The van der Waals surface area contributed by atoms with E-state index in [2.05, 4.69) is 10.6 Å². The van der Waals surface area contributed by atoms with Crippen LogP contribution in [-0.4, -0.2) is 44.5 Å². The molecule has 1 aromatic carbocycles. The van der Waals surface area contributed by atoms with E-state index >= 15 is 0 Å². The average molecular weight is 416 g/mol. The fourth-order valence-electron chi connectivity index (χ4n) is 2.26. The molecular formula is C18H29N3O6S. The minimum atomic E-state index is -3.79. The molecule has 0 saturated carbocycles. The lowest BCUT2D eigenvalue weighted by atomic mass is 10.2. The molecule has 0 saturated heterocycles. The Morgan fingerprint density at radius 2 is 1.79 bits per heavy atom. The van der Waals surface area contributed by atoms with Crippen molar-refractivity contribution in [3.63, 3.8) is 0 Å². The molecule has 9 nitrogen and oxygen atoms in total. The number of nitrogens with two attached hydrogens (primary N) is 1. The molecule has 1 aromatic rings. The van der Waals surface area contributed by atoms with Crippen molar-refractivity contribution < 1.29 is 27.5 Å². The number of nitrogens with one attached hydrogen (secondary N) is 2. The molecule has 0 aliphatic carbocycles. The Bertz CT molecular complexity index is 731. The predicted octanol–water partition coefficient (Wildman–Crippen LogP) is 1.87. The summed E-state index contributed by atoms with van der Waals surface area (Å²) in [4.78, 5) is 23.5. The predicted molar refractivity (Wildman–Crippen MR) is 105 cm³/mol. The van der Waals surface area contributed by atoms with Gasteiger partial charge in [-0.2, -0.15) is 0 Å². The largest absolute Gasteiger partial charge is 0.445 e. The van der Waals surface area contributed by atoms with Gasteiger partial charge in [-0.1, -0.05) is 30.3 Å². The van der Waals surface area contributed by atoms with Gasteiger partial charge in [-0.15, -0.1) is 0 Å². The normalized spacial score (nSPS) is 12.7. The minimum absolute atomic E-state index is 0.154. The number of benzene rings is 1. The summed E-state index contributed by atoms with van der Waals surface area (Å²) in [6, 6.07) is 8.51. The topological polar surface area (TPSA) is 137 Å². The van der Waals surface area contributed by atoms with E-state index in [1.807, 2.05) is 30.3 Å². The molecule has 0 unspecified atom stereocenters. The molecule has 0 radical (unpaired) electrons. The van der Waals surface area contributed by atoms with Crippen molar-refractivity contribution in [3.8, 4) is 0 Å². The highest BCUT2D eigenvalue weighted by molar-refractivity contribution is 7.89. The van der Waals surface area contributed by atoms with Crippen LogP contribution in [0.2, 0.25) is 0 Å². The van der Waals surface area contributed by atoms with Crippen LogP contribution < -0.4 is 15.8 Å². The Labute approximate surface area is 166 Å². The summed E-state index contributed by atoms with van der Waals surface area (Å²) in [5.74, 6) is -0.426. The third-order valence-corrected chi connectivity index (χ3v) is 4.23. The monoisotopic (exact) mass is 415 g/mol. The van der Waals surface area contributed by atoms with E-state index in [1.54, 1.807) is 20.8 Å². The second kappa shape index (κ2) is 10.9. The maximum Gasteiger partial charge on any atom is 0.407 e. The van der Waals surface area contributed by atoms with Crippen molar-refractivity contribution >= 4 is 22.2 Å². The van der Waals surface area contributed by atoms with Crippen LogP contribution in [0.4, 0.5) is 9.59 Å². The van der Waals surface area contributed by atoms with Crippen molar-refractivity contribution in [2.45, 2.75) is 51.9 Å². The van der Waals surface area contributed by atoms with Gasteiger partial charge >= 0.3 is 12.2 Å². The fraction of sp³-hybridized carbons (Fsp3) is 0.556. The summed E-state index contributed by atoms with van der Waals surface area (Å²) in [5.41, 5.74) is 0.160. The van der Waals surface area contributed by atoms with E-state index in [1.165, 1.54) is 0 Å². The van der Waals surface area contributed by atoms with Crippen LogP contribution in [0.25, 0.3) is 0 Å². The zero-order chi connectivity index (χ0) is 21.2. The molecule has 10 heteroatoms. The molecule has 0 heterocycles. The third kappa shape index (κ3) is 12.1. The highest BCUT2D eigenvalue weighted by Crippen LogP contribution is 2.08. The SMILES string of the molecule is CC(C)(C)OC(=O)N[C@@H](CCCNC(=O)OCc1ccccc1)CS(N)(=O)=O. The number of rotatable bonds is 9. The summed E-state index contributed by atoms with van der Waals surface area (Å²) in [7, 11) is -3.79. The number of sulfonamides is 1. The second-order valence-electron chi connectivity index (χ2n) is 7.30. The summed E-state index contributed by atoms with van der Waals surface area (Å²) in [5, 5.41) is 10.2. The standard InChI is InChI=1S/C18H29N3O6S/c1-18(2,3)27-17(23)21-15(13-28(19,24)25)10-7-11-20-16(22)26-12-14-8-5-4-6-9-14/h4-6,8-9,15H,7,10-13H2,1-3H3,(H,20,22)(H,21,23)(H2,19,24,25)/t15-/m0/s1. The molecule has 28 heavy (non-hydrogen) atoms. The van der Waals surface area contributed by atoms with E-state index < -0.39 is 39.6 Å². The molecule has 0 bridgehead atoms. The lowest BCUT2D eigenvalue weighted by molar-refractivity contribution is 0.0506. The fourth-order valence-corrected chi connectivity index (χ4v) is 3.08. The zero-order valence-electron chi connectivity index (χ0n) is 16.4. The molecule has 158 valence electrons. The molecule has 0 aliphatic rings. The van der Waals surface area contributed by atoms with Gasteiger partial charge in [-0.25, -0.2) is 23.1 Å². The van der Waals surface area contributed by atoms with Crippen molar-refractivity contribution in [2.75, 3.05) is 12.3 Å². The number of carbonyl (C=O) groups is 2. The van der Waals surface area contributed by atoms with Crippen LogP contribution in [0.15, 0.2) is 30.3 Å². The molecule has 4 N–H and O–H groups in total. The van der Waals surface area contributed by atoms with Crippen molar-refractivity contribution in [1.29, 1.82) is 0 Å². The van der Waals surface area contributed by atoms with E-state index in [0.717, 1.165) is 5.56 Å². The number of carbonyl (C=O) groups excluding carboxylic acids is 2. The van der Waals surface area contributed by atoms with Crippen LogP contribution in [0.5, 0.6) is 0 Å². The van der Waals surface area contributed by atoms with Gasteiger partial charge in [0.2, 0.25) is 10.0 Å². The maximum absolute atomic E-state index is 11.9. The first-order valence-electron chi connectivity index (χ1n) is 8.89. The Hall–Kier alpha value is -2.33. The smallest absolute Gasteiger partial charge is 0.407 e. The highest BCUT2D eigenvalue weighted by atomic mass is 32.2. The van der Waals surface area contributed by atoms with Gasteiger partial charge in [0, 0.05) is 12.6 Å². The van der Waals surface area contributed by atoms with Crippen molar-refractivity contribution in [2.24, 2.45) is 5.14 Å². The van der Waals surface area contributed by atoms with Gasteiger partial charge in [-0.3, -0.25) is 0 Å². The van der Waals surface area contributed by atoms with Gasteiger partial charge in [0.05, 0.1) is 5.75 Å². The zero-order valence-corrected chi connectivity index (χ0v) is 17.3. The van der Waals surface area contributed by atoms with Crippen LogP contribution in [0.3, 0.4) is 0 Å². The quantitative estimate of drug-likeness (QED) is 0.527. The Morgan fingerprint density at radius 1 is 1.14 bits per heavy atom. The van der Waals surface area contributed by atoms with Crippen LogP contribution >= 0.6 is 0 Å². The number of alkyl carbamates (subject to hydrolysis) is 2. The molecule has 1 rings (SSSR count). The van der Waals surface area contributed by atoms with Gasteiger partial charge in [-0.05, 0) is 39.2 Å². The molecule has 0 spiro atoms. The molecule has 1 atom stereocenters. The Balaban J connectivity index is 2.38. The van der Waals surface area contributed by atoms with Crippen LogP contribution in [-0.2, 0) is 26.1 Å². The van der Waals surface area contributed by atoms with Gasteiger partial charge in [0.1, 0.15) is 12.2 Å². The minimum Gasteiger partial charge on any atom is -0.445 e. The first-order valence-corrected chi connectivity index (χ1v) is 10.6. The number of amides is 2. The van der Waals surface area contributed by atoms with Crippen LogP contribution in [0.1, 0.15) is 39.2 Å². The van der Waals surface area contributed by atoms with E-state index in [4.69, 9.17) is 14.6 Å². The second-order valence-corrected chi connectivity index (χ2v) is 8.96. The van der Waals surface area contributed by atoms with Crippen LogP contribution in [0, 0.1) is 0 Å². The van der Waals surface area contributed by atoms with Gasteiger partial charge in [0.25, 0.3) is 0 Å². The number of primary sulfonamides is 1. The lowest BCUT2D eigenvalue weighted by Gasteiger charge is -2.23. The Morgan fingerprint density at radius 3 is 2.36 bits per heavy atom. The average Bonchev–Trinajstić information content (AvgIpc) is 2.54. The third-order valence-electron chi connectivity index (χ3n) is 3.37. The molecular weight excluding hydrogens is 386 g/mol. The lowest BCUT2D eigenvalue weighted by Crippen LogP contribution is -2.44. The van der Waals surface area contributed by atoms with E-state index in [-0.39, 0.29) is 19.6 Å². The molecule has 2 amide bonds. The first kappa shape index (κ1) is 23.7. The number of hydrogen-bond donors (Lipinski definition) is 3. The Kier molecular flexibility index (Phi) is 9.20. The number of hydrogen-bond acceptors (Lipinski definition) is 6. The summed E-state index contributed by atoms with van der Waals surface area (Å²) in [6.07, 6.45) is -0.603. The summed E-state index contributed by atoms with van der Waals surface area (Å²) >= 11 is 0. The van der Waals surface area contributed by atoms with Gasteiger partial charge < -0.3 is 20.1 Å². The van der Waals surface area contributed by atoms with E-state index in [0.29, 0.717) is 6.42 Å². The first-order chi connectivity index (χ1) is 12.9.